The highest BCUT2D eigenvalue weighted by molar-refractivity contribution is 7.92. The van der Waals surface area contributed by atoms with E-state index in [-0.39, 0.29) is 33.5 Å². The van der Waals surface area contributed by atoms with Gasteiger partial charge in [0.2, 0.25) is 5.89 Å². The average molecular weight is 438 g/mol. The third-order valence-electron chi connectivity index (χ3n) is 4.20. The second kappa shape index (κ2) is 7.24. The van der Waals surface area contributed by atoms with Gasteiger partial charge in [-0.1, -0.05) is 12.1 Å². The summed E-state index contributed by atoms with van der Waals surface area (Å²) >= 11 is 0. The Morgan fingerprint density at radius 2 is 1.83 bits per heavy atom. The maximum atomic E-state index is 15.4. The summed E-state index contributed by atoms with van der Waals surface area (Å²) < 4.78 is 76.2. The van der Waals surface area contributed by atoms with Crippen LogP contribution in [0.2, 0.25) is 0 Å². The van der Waals surface area contributed by atoms with Gasteiger partial charge in [0.15, 0.2) is 0 Å². The molecule has 0 saturated carbocycles. The number of alkyl halides is 2. The first-order chi connectivity index (χ1) is 14.1. The minimum absolute atomic E-state index is 0.0338. The van der Waals surface area contributed by atoms with E-state index in [1.165, 1.54) is 43.0 Å². The number of fused-ring (bicyclic) bond motifs is 1. The number of halogens is 4. The van der Waals surface area contributed by atoms with Gasteiger partial charge in [-0.3, -0.25) is 0 Å². The van der Waals surface area contributed by atoms with Crippen LogP contribution in [-0.4, -0.2) is 31.9 Å². The van der Waals surface area contributed by atoms with Gasteiger partial charge in [0.05, 0.1) is 22.3 Å². The van der Waals surface area contributed by atoms with Crippen LogP contribution >= 0.6 is 0 Å². The molecule has 0 bridgehead atoms. The molecule has 0 aliphatic carbocycles. The maximum Gasteiger partial charge on any atom is 0.314 e. The summed E-state index contributed by atoms with van der Waals surface area (Å²) in [5, 5.41) is 6.68. The molecule has 1 N–H and O–H groups in total. The van der Waals surface area contributed by atoms with E-state index in [0.29, 0.717) is 5.69 Å². The van der Waals surface area contributed by atoms with Crippen molar-refractivity contribution in [2.45, 2.75) is 6.43 Å². The van der Waals surface area contributed by atoms with Crippen molar-refractivity contribution in [2.24, 2.45) is 4.36 Å². The number of hydrogen-bond donors (Lipinski definition) is 1. The van der Waals surface area contributed by atoms with E-state index in [2.05, 4.69) is 19.5 Å². The van der Waals surface area contributed by atoms with E-state index < -0.39 is 33.7 Å². The number of nitrogens with one attached hydrogen (secondary N) is 1. The Bertz CT molecular complexity index is 1360. The Balaban J connectivity index is 1.86. The Hall–Kier alpha value is -3.21. The zero-order valence-electron chi connectivity index (χ0n) is 15.6. The van der Waals surface area contributed by atoms with Gasteiger partial charge in [-0.05, 0) is 23.8 Å². The van der Waals surface area contributed by atoms with Crippen molar-refractivity contribution in [3.05, 3.63) is 54.1 Å². The molecule has 156 valence electrons. The van der Waals surface area contributed by atoms with E-state index in [0.717, 1.165) is 6.07 Å². The SMILES string of the molecule is CS(C)(=O)=Nc1ccc(-c2c(F)cc3[nH]cc(-c4nnc(C(F)F)o4)c3c2F)cc1. The summed E-state index contributed by atoms with van der Waals surface area (Å²) in [6.07, 6.45) is 1.25. The molecule has 0 radical (unpaired) electrons. The third kappa shape index (κ3) is 3.67. The molecular weight excluding hydrogens is 424 g/mol. The van der Waals surface area contributed by atoms with Crippen LogP contribution in [0.1, 0.15) is 12.3 Å². The molecule has 30 heavy (non-hydrogen) atoms. The highest BCUT2D eigenvalue weighted by Crippen LogP contribution is 2.37. The molecule has 2 heterocycles. The van der Waals surface area contributed by atoms with Gasteiger partial charge >= 0.3 is 6.43 Å². The van der Waals surface area contributed by atoms with Crippen LogP contribution in [0.5, 0.6) is 0 Å². The van der Waals surface area contributed by atoms with E-state index >= 15 is 4.39 Å². The van der Waals surface area contributed by atoms with Crippen LogP contribution < -0.4 is 0 Å². The lowest BCUT2D eigenvalue weighted by molar-refractivity contribution is 0.116. The molecular formula is C19H14F4N4O2S. The second-order valence-corrected chi connectivity index (χ2v) is 9.28. The first-order valence-corrected chi connectivity index (χ1v) is 10.9. The topological polar surface area (TPSA) is 84.1 Å². The van der Waals surface area contributed by atoms with E-state index in [9.17, 15) is 17.4 Å². The summed E-state index contributed by atoms with van der Waals surface area (Å²) in [7, 11) is -2.39. The summed E-state index contributed by atoms with van der Waals surface area (Å²) in [4.78, 5) is 2.68. The van der Waals surface area contributed by atoms with Crippen molar-refractivity contribution in [1.29, 1.82) is 0 Å². The number of aromatic nitrogens is 3. The monoisotopic (exact) mass is 438 g/mol. The van der Waals surface area contributed by atoms with E-state index in [1.807, 2.05) is 0 Å². The van der Waals surface area contributed by atoms with Crippen molar-refractivity contribution in [2.75, 3.05) is 12.5 Å². The summed E-state index contributed by atoms with van der Waals surface area (Å²) in [6.45, 7) is 0. The number of rotatable bonds is 4. The highest BCUT2D eigenvalue weighted by Gasteiger charge is 2.24. The number of H-pyrrole nitrogens is 1. The smallest absolute Gasteiger partial charge is 0.314 e. The standard InChI is InChI=1S/C19H14F4N4O2S/c1-30(2,28)27-10-5-3-9(4-6-10)14-12(20)7-13-15(16(14)21)11(8-24-13)18-25-26-19(29-18)17(22)23/h3-8,17,24H,1-2H3. The lowest BCUT2D eigenvalue weighted by Gasteiger charge is -2.08. The van der Waals surface area contributed by atoms with Crippen LogP contribution in [0.25, 0.3) is 33.5 Å². The van der Waals surface area contributed by atoms with E-state index in [4.69, 9.17) is 4.42 Å². The molecule has 0 saturated heterocycles. The first-order valence-electron chi connectivity index (χ1n) is 8.52. The van der Waals surface area contributed by atoms with Crippen molar-refractivity contribution in [3.63, 3.8) is 0 Å². The van der Waals surface area contributed by atoms with Crippen molar-refractivity contribution in [1.82, 2.24) is 15.2 Å². The quantitative estimate of drug-likeness (QED) is 0.429. The normalized spacial score (nSPS) is 12.1. The fourth-order valence-corrected chi connectivity index (χ4v) is 3.66. The van der Waals surface area contributed by atoms with Crippen molar-refractivity contribution < 1.29 is 26.2 Å². The Morgan fingerprint density at radius 3 is 2.43 bits per heavy atom. The molecule has 0 amide bonds. The van der Waals surface area contributed by atoms with Gasteiger partial charge in [-0.2, -0.15) is 13.1 Å². The number of nitrogens with zero attached hydrogens (tertiary/aromatic N) is 3. The van der Waals surface area contributed by atoms with Gasteiger partial charge < -0.3 is 9.40 Å². The molecule has 2 aromatic carbocycles. The second-order valence-electron chi connectivity index (χ2n) is 6.74. The maximum absolute atomic E-state index is 15.4. The largest absolute Gasteiger partial charge is 0.415 e. The van der Waals surface area contributed by atoms with Gasteiger partial charge in [0, 0.05) is 33.8 Å². The van der Waals surface area contributed by atoms with Gasteiger partial charge in [-0.15, -0.1) is 10.2 Å². The van der Waals surface area contributed by atoms with E-state index in [1.54, 1.807) is 0 Å². The lowest BCUT2D eigenvalue weighted by atomic mass is 10.0. The van der Waals surface area contributed by atoms with Crippen LogP contribution in [0.3, 0.4) is 0 Å². The van der Waals surface area contributed by atoms with Crippen LogP contribution in [0.4, 0.5) is 23.2 Å². The Morgan fingerprint density at radius 1 is 1.13 bits per heavy atom. The number of benzene rings is 2. The average Bonchev–Trinajstić information content (AvgIpc) is 3.28. The zero-order chi connectivity index (χ0) is 21.6. The molecule has 0 fully saturated rings. The van der Waals surface area contributed by atoms with Crippen molar-refractivity contribution >= 4 is 26.3 Å². The molecule has 4 rings (SSSR count). The molecule has 0 aliphatic heterocycles. The summed E-state index contributed by atoms with van der Waals surface area (Å²) in [5.41, 5.74) is 0.437. The fraction of sp³-hybridized carbons (Fsp3) is 0.158. The molecule has 0 unspecified atom stereocenters. The summed E-state index contributed by atoms with van der Waals surface area (Å²) in [5.74, 6) is -2.96. The molecule has 4 aromatic rings. The molecule has 6 nitrogen and oxygen atoms in total. The summed E-state index contributed by atoms with van der Waals surface area (Å²) in [6, 6.07) is 6.98. The lowest BCUT2D eigenvalue weighted by Crippen LogP contribution is -1.93. The molecule has 0 atom stereocenters. The fourth-order valence-electron chi connectivity index (χ4n) is 3.03. The first kappa shape index (κ1) is 20.1. The predicted octanol–water partition coefficient (Wildman–Crippen LogP) is 5.46. The molecule has 0 aliphatic rings. The number of hydrogen-bond acceptors (Lipinski definition) is 5. The van der Waals surface area contributed by atoms with Gasteiger partial charge in [0.25, 0.3) is 5.89 Å². The molecule has 11 heteroatoms. The van der Waals surface area contributed by atoms with Crippen LogP contribution in [-0.2, 0) is 9.73 Å². The predicted molar refractivity (Wildman–Crippen MR) is 104 cm³/mol. The number of aromatic amines is 1. The van der Waals surface area contributed by atoms with Gasteiger partial charge in [0.1, 0.15) is 11.6 Å². The third-order valence-corrected chi connectivity index (χ3v) is 4.85. The van der Waals surface area contributed by atoms with Crippen molar-refractivity contribution in [3.8, 4) is 22.6 Å². The van der Waals surface area contributed by atoms with Crippen LogP contribution in [0, 0.1) is 11.6 Å². The Labute approximate surface area is 168 Å². The van der Waals surface area contributed by atoms with Gasteiger partial charge in [-0.25, -0.2) is 13.0 Å². The van der Waals surface area contributed by atoms with Crippen LogP contribution in [0.15, 0.2) is 45.3 Å². The molecule has 2 aromatic heterocycles. The highest BCUT2D eigenvalue weighted by atomic mass is 32.2. The minimum Gasteiger partial charge on any atom is -0.415 e. The minimum atomic E-state index is -2.97. The molecule has 0 spiro atoms. The zero-order valence-corrected chi connectivity index (χ0v) is 16.4. The Kier molecular flexibility index (Phi) is 4.85.